The molecule has 0 radical (unpaired) electrons. The summed E-state index contributed by atoms with van der Waals surface area (Å²) in [4.78, 5) is 34.7. The summed E-state index contributed by atoms with van der Waals surface area (Å²) < 4.78 is 0. The van der Waals surface area contributed by atoms with E-state index in [9.17, 15) is 14.4 Å². The molecule has 6 nitrogen and oxygen atoms in total. The van der Waals surface area contributed by atoms with E-state index in [2.05, 4.69) is 5.32 Å². The molecule has 2 N–H and O–H groups in total. The highest BCUT2D eigenvalue weighted by Crippen LogP contribution is 2.10. The molecule has 1 aliphatic heterocycles. The normalized spacial score (nSPS) is 21.4. The van der Waals surface area contributed by atoms with Gasteiger partial charge in [-0.15, -0.1) is 0 Å². The molecule has 0 aromatic carbocycles. The van der Waals surface area contributed by atoms with Crippen LogP contribution in [0.3, 0.4) is 0 Å². The highest BCUT2D eigenvalue weighted by atomic mass is 16.4. The molecule has 1 fully saturated rings. The minimum atomic E-state index is -0.935. The second-order valence-corrected chi connectivity index (χ2v) is 4.12. The first-order valence-corrected chi connectivity index (χ1v) is 5.19. The molecule has 0 aliphatic carbocycles. The number of likely N-dealkylation sites (N-methyl/N-ethyl adjacent to an activating group) is 1. The van der Waals surface area contributed by atoms with Crippen LogP contribution in [0.5, 0.6) is 0 Å². The number of carboxylic acids is 1. The van der Waals surface area contributed by atoms with Crippen LogP contribution in [-0.2, 0) is 14.4 Å². The van der Waals surface area contributed by atoms with Gasteiger partial charge in [0.2, 0.25) is 11.8 Å². The third-order valence-electron chi connectivity index (χ3n) is 2.64. The number of carboxylic acid groups (broad SMARTS) is 1. The van der Waals surface area contributed by atoms with Gasteiger partial charge in [0.05, 0.1) is 5.92 Å². The van der Waals surface area contributed by atoms with Crippen molar-refractivity contribution >= 4 is 17.8 Å². The van der Waals surface area contributed by atoms with Crippen molar-refractivity contribution < 1.29 is 19.5 Å². The molecule has 1 unspecified atom stereocenters. The Morgan fingerprint density at radius 3 is 2.69 bits per heavy atom. The van der Waals surface area contributed by atoms with Crippen LogP contribution >= 0.6 is 0 Å². The molecule has 0 saturated carbocycles. The molecule has 90 valence electrons. The average molecular weight is 228 g/mol. The SMILES string of the molecule is CC(CN(C)C(=O)[C@@H]1CCC(=O)N1)C(=O)O. The van der Waals surface area contributed by atoms with E-state index in [1.165, 1.54) is 4.90 Å². The summed E-state index contributed by atoms with van der Waals surface area (Å²) in [5, 5.41) is 11.3. The Morgan fingerprint density at radius 1 is 1.62 bits per heavy atom. The lowest BCUT2D eigenvalue weighted by Crippen LogP contribution is -2.44. The molecule has 1 aliphatic rings. The molecule has 0 aromatic heterocycles. The van der Waals surface area contributed by atoms with Crippen LogP contribution in [-0.4, -0.2) is 47.4 Å². The zero-order chi connectivity index (χ0) is 12.3. The zero-order valence-corrected chi connectivity index (χ0v) is 9.40. The van der Waals surface area contributed by atoms with Crippen molar-refractivity contribution in [3.8, 4) is 0 Å². The lowest BCUT2D eigenvalue weighted by Gasteiger charge is -2.22. The molecule has 2 amide bonds. The van der Waals surface area contributed by atoms with Crippen molar-refractivity contribution in [1.82, 2.24) is 10.2 Å². The number of carbonyl (C=O) groups excluding carboxylic acids is 2. The van der Waals surface area contributed by atoms with Crippen LogP contribution in [0.1, 0.15) is 19.8 Å². The van der Waals surface area contributed by atoms with Gasteiger partial charge < -0.3 is 15.3 Å². The van der Waals surface area contributed by atoms with Gasteiger partial charge in [-0.05, 0) is 6.42 Å². The molecule has 0 bridgehead atoms. The monoisotopic (exact) mass is 228 g/mol. The number of nitrogens with zero attached hydrogens (tertiary/aromatic N) is 1. The molecule has 16 heavy (non-hydrogen) atoms. The van der Waals surface area contributed by atoms with Gasteiger partial charge in [0, 0.05) is 20.0 Å². The van der Waals surface area contributed by atoms with Gasteiger partial charge in [-0.25, -0.2) is 0 Å². The van der Waals surface area contributed by atoms with E-state index in [0.29, 0.717) is 12.8 Å². The van der Waals surface area contributed by atoms with E-state index in [4.69, 9.17) is 5.11 Å². The lowest BCUT2D eigenvalue weighted by molar-refractivity contribution is -0.143. The maximum absolute atomic E-state index is 11.8. The molecule has 0 aromatic rings. The van der Waals surface area contributed by atoms with Crippen molar-refractivity contribution in [2.24, 2.45) is 5.92 Å². The van der Waals surface area contributed by atoms with Crippen molar-refractivity contribution in [3.63, 3.8) is 0 Å². The van der Waals surface area contributed by atoms with E-state index in [1.54, 1.807) is 14.0 Å². The highest BCUT2D eigenvalue weighted by molar-refractivity contribution is 5.90. The van der Waals surface area contributed by atoms with Crippen LogP contribution in [0, 0.1) is 5.92 Å². The van der Waals surface area contributed by atoms with E-state index in [-0.39, 0.29) is 18.4 Å². The second kappa shape index (κ2) is 4.96. The van der Waals surface area contributed by atoms with E-state index < -0.39 is 17.9 Å². The Labute approximate surface area is 93.6 Å². The van der Waals surface area contributed by atoms with Crippen molar-refractivity contribution in [3.05, 3.63) is 0 Å². The molecule has 1 heterocycles. The summed E-state index contributed by atoms with van der Waals surface area (Å²) in [5.41, 5.74) is 0. The number of amides is 2. The largest absolute Gasteiger partial charge is 0.481 e. The Morgan fingerprint density at radius 2 is 2.25 bits per heavy atom. The topological polar surface area (TPSA) is 86.7 Å². The molecule has 1 saturated heterocycles. The van der Waals surface area contributed by atoms with Gasteiger partial charge in [0.15, 0.2) is 0 Å². The quantitative estimate of drug-likeness (QED) is 0.675. The first-order valence-electron chi connectivity index (χ1n) is 5.19. The number of hydrogen-bond donors (Lipinski definition) is 2. The zero-order valence-electron chi connectivity index (χ0n) is 9.40. The van der Waals surface area contributed by atoms with Gasteiger partial charge in [0.1, 0.15) is 6.04 Å². The fourth-order valence-electron chi connectivity index (χ4n) is 1.64. The van der Waals surface area contributed by atoms with Gasteiger partial charge in [0.25, 0.3) is 0 Å². The van der Waals surface area contributed by atoms with E-state index in [0.717, 1.165) is 0 Å². The first-order chi connectivity index (χ1) is 7.41. The van der Waals surface area contributed by atoms with Crippen LogP contribution in [0.4, 0.5) is 0 Å². The predicted octanol–water partition coefficient (Wildman–Crippen LogP) is -0.556. The molecule has 0 spiro atoms. The molecular weight excluding hydrogens is 212 g/mol. The Bertz CT molecular complexity index is 316. The highest BCUT2D eigenvalue weighted by Gasteiger charge is 2.30. The van der Waals surface area contributed by atoms with Crippen LogP contribution in [0.25, 0.3) is 0 Å². The van der Waals surface area contributed by atoms with Crippen LogP contribution in [0.2, 0.25) is 0 Å². The Hall–Kier alpha value is -1.59. The second-order valence-electron chi connectivity index (χ2n) is 4.12. The first kappa shape index (κ1) is 12.5. The van der Waals surface area contributed by atoms with Gasteiger partial charge >= 0.3 is 5.97 Å². The Balaban J connectivity index is 2.47. The number of carbonyl (C=O) groups is 3. The molecule has 1 rings (SSSR count). The summed E-state index contributed by atoms with van der Waals surface area (Å²) in [7, 11) is 1.55. The minimum Gasteiger partial charge on any atom is -0.481 e. The number of rotatable bonds is 4. The van der Waals surface area contributed by atoms with E-state index >= 15 is 0 Å². The fourth-order valence-corrected chi connectivity index (χ4v) is 1.64. The van der Waals surface area contributed by atoms with Crippen LogP contribution in [0.15, 0.2) is 0 Å². The summed E-state index contributed by atoms with van der Waals surface area (Å²) in [6.07, 6.45) is 0.849. The summed E-state index contributed by atoms with van der Waals surface area (Å²) in [6, 6.07) is -0.488. The average Bonchev–Trinajstić information content (AvgIpc) is 2.63. The lowest BCUT2D eigenvalue weighted by atomic mass is 10.1. The summed E-state index contributed by atoms with van der Waals surface area (Å²) in [5.74, 6) is -1.89. The van der Waals surface area contributed by atoms with Gasteiger partial charge in [-0.3, -0.25) is 14.4 Å². The third-order valence-corrected chi connectivity index (χ3v) is 2.64. The Kier molecular flexibility index (Phi) is 3.87. The molecular formula is C10H16N2O4. The third kappa shape index (κ3) is 2.95. The smallest absolute Gasteiger partial charge is 0.308 e. The standard InChI is InChI=1S/C10H16N2O4/c1-6(10(15)16)5-12(2)9(14)7-3-4-8(13)11-7/h6-7H,3-5H2,1-2H3,(H,11,13)(H,15,16)/t6?,7-/m0/s1. The number of hydrogen-bond acceptors (Lipinski definition) is 3. The number of nitrogens with one attached hydrogen (secondary N) is 1. The maximum atomic E-state index is 11.8. The van der Waals surface area contributed by atoms with Crippen molar-refractivity contribution in [1.29, 1.82) is 0 Å². The van der Waals surface area contributed by atoms with Crippen molar-refractivity contribution in [2.45, 2.75) is 25.8 Å². The fraction of sp³-hybridized carbons (Fsp3) is 0.700. The van der Waals surface area contributed by atoms with Gasteiger partial charge in [-0.1, -0.05) is 6.92 Å². The molecule has 6 heteroatoms. The summed E-state index contributed by atoms with van der Waals surface area (Å²) in [6.45, 7) is 1.69. The minimum absolute atomic E-state index is 0.127. The predicted molar refractivity (Wildman–Crippen MR) is 55.6 cm³/mol. The molecule has 2 atom stereocenters. The van der Waals surface area contributed by atoms with E-state index in [1.807, 2.05) is 0 Å². The number of aliphatic carboxylic acids is 1. The van der Waals surface area contributed by atoms with Crippen LogP contribution < -0.4 is 5.32 Å². The van der Waals surface area contributed by atoms with Gasteiger partial charge in [-0.2, -0.15) is 0 Å². The summed E-state index contributed by atoms with van der Waals surface area (Å²) >= 11 is 0. The maximum Gasteiger partial charge on any atom is 0.308 e. The van der Waals surface area contributed by atoms with Crippen molar-refractivity contribution in [2.75, 3.05) is 13.6 Å².